The lowest BCUT2D eigenvalue weighted by atomic mass is 9.49. The Hall–Kier alpha value is -2.63. The molecule has 2 aromatic rings. The Morgan fingerprint density at radius 3 is 2.39 bits per heavy atom. The first-order chi connectivity index (χ1) is 13.5. The molecule has 4 bridgehead atoms. The number of nitrogens with zero attached hydrogens (tertiary/aromatic N) is 2. The van der Waals surface area contributed by atoms with Gasteiger partial charge >= 0.3 is 5.97 Å². The molecule has 2 N–H and O–H groups in total. The van der Waals surface area contributed by atoms with Crippen LogP contribution in [-0.2, 0) is 11.3 Å². The molecular formula is C22H25N3O3. The van der Waals surface area contributed by atoms with E-state index in [0.717, 1.165) is 48.3 Å². The number of aromatic carboxylic acids is 1. The first kappa shape index (κ1) is 17.5. The minimum absolute atomic E-state index is 0.0144. The van der Waals surface area contributed by atoms with E-state index in [9.17, 15) is 9.59 Å². The van der Waals surface area contributed by atoms with Crippen molar-refractivity contribution < 1.29 is 14.7 Å². The van der Waals surface area contributed by atoms with E-state index in [1.54, 1.807) is 10.9 Å². The van der Waals surface area contributed by atoms with Crippen LogP contribution >= 0.6 is 0 Å². The fourth-order valence-electron chi connectivity index (χ4n) is 6.15. The quantitative estimate of drug-likeness (QED) is 0.834. The third kappa shape index (κ3) is 3.01. The lowest BCUT2D eigenvalue weighted by Gasteiger charge is -2.55. The zero-order valence-electron chi connectivity index (χ0n) is 15.8. The summed E-state index contributed by atoms with van der Waals surface area (Å²) in [7, 11) is 0. The van der Waals surface area contributed by atoms with E-state index in [1.165, 1.54) is 25.3 Å². The molecule has 0 atom stereocenters. The van der Waals surface area contributed by atoms with Crippen molar-refractivity contribution in [1.82, 2.24) is 15.1 Å². The summed E-state index contributed by atoms with van der Waals surface area (Å²) in [5.41, 5.74) is 1.66. The summed E-state index contributed by atoms with van der Waals surface area (Å²) in [5, 5.41) is 16.3. The van der Waals surface area contributed by atoms with E-state index >= 15 is 0 Å². The van der Waals surface area contributed by atoms with Crippen LogP contribution in [0.1, 0.15) is 54.6 Å². The van der Waals surface area contributed by atoms with Crippen molar-refractivity contribution >= 4 is 11.9 Å². The number of carbonyl (C=O) groups is 2. The van der Waals surface area contributed by atoms with Crippen LogP contribution in [0.5, 0.6) is 0 Å². The summed E-state index contributed by atoms with van der Waals surface area (Å²) in [5.74, 6) is 1.44. The second kappa shape index (κ2) is 6.47. The lowest BCUT2D eigenvalue weighted by molar-refractivity contribution is -0.146. The first-order valence-electron chi connectivity index (χ1n) is 10.2. The molecule has 4 saturated carbocycles. The molecule has 1 heterocycles. The molecule has 4 fully saturated rings. The average molecular weight is 379 g/mol. The molecule has 1 aromatic carbocycles. The monoisotopic (exact) mass is 379 g/mol. The zero-order valence-corrected chi connectivity index (χ0v) is 15.8. The number of nitrogens with one attached hydrogen (secondary N) is 1. The number of benzene rings is 1. The summed E-state index contributed by atoms with van der Waals surface area (Å²) >= 11 is 0. The summed E-state index contributed by atoms with van der Waals surface area (Å²) < 4.78 is 1.55. The SMILES string of the molecule is O=C(O)c1ccn(-c2cccc(CNC(=O)C34CC5CC(CC(C5)C3)C4)c2)n1. The van der Waals surface area contributed by atoms with Crippen LogP contribution in [0.15, 0.2) is 36.5 Å². The van der Waals surface area contributed by atoms with Gasteiger partial charge in [0.05, 0.1) is 5.69 Å². The van der Waals surface area contributed by atoms with Gasteiger partial charge in [0.15, 0.2) is 5.69 Å². The van der Waals surface area contributed by atoms with Crippen LogP contribution in [0.2, 0.25) is 0 Å². The topological polar surface area (TPSA) is 84.2 Å². The number of carbonyl (C=O) groups excluding carboxylic acids is 1. The van der Waals surface area contributed by atoms with Crippen molar-refractivity contribution in [3.63, 3.8) is 0 Å². The van der Waals surface area contributed by atoms with Crippen LogP contribution in [-0.4, -0.2) is 26.8 Å². The molecule has 0 unspecified atom stereocenters. The van der Waals surface area contributed by atoms with Crippen LogP contribution in [0.3, 0.4) is 0 Å². The number of hydrogen-bond donors (Lipinski definition) is 2. The van der Waals surface area contributed by atoms with Gasteiger partial charge in [-0.05, 0) is 80.0 Å². The fourth-order valence-corrected chi connectivity index (χ4v) is 6.15. The normalized spacial score (nSPS) is 30.4. The Balaban J connectivity index is 1.28. The third-order valence-electron chi connectivity index (χ3n) is 6.96. The van der Waals surface area contributed by atoms with Crippen molar-refractivity contribution in [2.75, 3.05) is 0 Å². The largest absolute Gasteiger partial charge is 0.476 e. The number of hydrogen-bond acceptors (Lipinski definition) is 3. The van der Waals surface area contributed by atoms with Gasteiger partial charge in [0.1, 0.15) is 0 Å². The van der Waals surface area contributed by atoms with Gasteiger partial charge in [-0.1, -0.05) is 12.1 Å². The van der Waals surface area contributed by atoms with E-state index in [-0.39, 0.29) is 17.0 Å². The summed E-state index contributed by atoms with van der Waals surface area (Å²) in [6.45, 7) is 0.488. The molecule has 6 nitrogen and oxygen atoms in total. The van der Waals surface area contributed by atoms with Gasteiger partial charge in [-0.15, -0.1) is 0 Å². The predicted octanol–water partition coefficient (Wildman–Crippen LogP) is 3.40. The minimum atomic E-state index is -1.04. The Kier molecular flexibility index (Phi) is 4.03. The van der Waals surface area contributed by atoms with Gasteiger partial charge in [-0.25, -0.2) is 9.48 Å². The molecule has 0 spiro atoms. The minimum Gasteiger partial charge on any atom is -0.476 e. The second-order valence-corrected chi connectivity index (χ2v) is 9.00. The molecule has 0 saturated heterocycles. The zero-order chi connectivity index (χ0) is 19.3. The average Bonchev–Trinajstić information content (AvgIpc) is 3.16. The van der Waals surface area contributed by atoms with Gasteiger partial charge < -0.3 is 10.4 Å². The Bertz CT molecular complexity index is 897. The number of amides is 1. The molecule has 0 radical (unpaired) electrons. The van der Waals surface area contributed by atoms with Crippen molar-refractivity contribution in [2.45, 2.75) is 45.1 Å². The Morgan fingerprint density at radius 2 is 1.79 bits per heavy atom. The molecule has 4 aliphatic carbocycles. The third-order valence-corrected chi connectivity index (χ3v) is 6.96. The molecule has 6 heteroatoms. The summed E-state index contributed by atoms with van der Waals surface area (Å²) in [4.78, 5) is 24.1. The second-order valence-electron chi connectivity index (χ2n) is 9.00. The maximum absolute atomic E-state index is 13.1. The van der Waals surface area contributed by atoms with Crippen LogP contribution in [0.25, 0.3) is 5.69 Å². The maximum Gasteiger partial charge on any atom is 0.356 e. The van der Waals surface area contributed by atoms with E-state index in [4.69, 9.17) is 5.11 Å². The van der Waals surface area contributed by atoms with E-state index in [0.29, 0.717) is 6.54 Å². The number of aromatic nitrogens is 2. The van der Waals surface area contributed by atoms with Gasteiger partial charge in [-0.3, -0.25) is 4.79 Å². The molecular weight excluding hydrogens is 354 g/mol. The van der Waals surface area contributed by atoms with E-state index < -0.39 is 5.97 Å². The highest BCUT2D eigenvalue weighted by Gasteiger charge is 2.54. The highest BCUT2D eigenvalue weighted by molar-refractivity contribution is 5.85. The van der Waals surface area contributed by atoms with Gasteiger partial charge in [0, 0.05) is 18.2 Å². The van der Waals surface area contributed by atoms with Crippen molar-refractivity contribution in [3.8, 4) is 5.69 Å². The van der Waals surface area contributed by atoms with Gasteiger partial charge in [-0.2, -0.15) is 5.10 Å². The van der Waals surface area contributed by atoms with Crippen molar-refractivity contribution in [3.05, 3.63) is 47.8 Å². The van der Waals surface area contributed by atoms with Crippen molar-refractivity contribution in [1.29, 1.82) is 0 Å². The van der Waals surface area contributed by atoms with Gasteiger partial charge in [0.25, 0.3) is 0 Å². The highest BCUT2D eigenvalue weighted by Crippen LogP contribution is 2.60. The molecule has 0 aliphatic heterocycles. The first-order valence-corrected chi connectivity index (χ1v) is 10.2. The van der Waals surface area contributed by atoms with Crippen LogP contribution in [0.4, 0.5) is 0 Å². The molecule has 1 aromatic heterocycles. The van der Waals surface area contributed by atoms with E-state index in [2.05, 4.69) is 10.4 Å². The molecule has 1 amide bonds. The number of rotatable bonds is 5. The molecule has 146 valence electrons. The molecule has 4 aliphatic rings. The summed E-state index contributed by atoms with van der Waals surface area (Å²) in [6, 6.07) is 9.18. The Labute approximate surface area is 163 Å². The fraction of sp³-hybridized carbons (Fsp3) is 0.500. The van der Waals surface area contributed by atoms with Gasteiger partial charge in [0.2, 0.25) is 5.91 Å². The molecule has 28 heavy (non-hydrogen) atoms. The Morgan fingerprint density at radius 1 is 1.11 bits per heavy atom. The van der Waals surface area contributed by atoms with E-state index in [1.807, 2.05) is 24.3 Å². The molecule has 6 rings (SSSR count). The maximum atomic E-state index is 13.1. The predicted molar refractivity (Wildman–Crippen MR) is 103 cm³/mol. The summed E-state index contributed by atoms with van der Waals surface area (Å²) in [6.07, 6.45) is 8.82. The number of carboxylic acid groups (broad SMARTS) is 1. The highest BCUT2D eigenvalue weighted by atomic mass is 16.4. The van der Waals surface area contributed by atoms with Crippen molar-refractivity contribution in [2.24, 2.45) is 23.2 Å². The standard InChI is InChI=1S/C22H25N3O3/c26-20(27)19-4-5-25(24-19)18-3-1-2-14(9-18)13-23-21(28)22-10-15-6-16(11-22)8-17(7-15)12-22/h1-5,9,15-17H,6-8,10-13H2,(H,23,28)(H,26,27). The van der Waals surface area contributed by atoms with Crippen LogP contribution in [0, 0.1) is 23.2 Å². The lowest BCUT2D eigenvalue weighted by Crippen LogP contribution is -2.53. The number of carboxylic acids is 1. The smallest absolute Gasteiger partial charge is 0.356 e. The van der Waals surface area contributed by atoms with Crippen LogP contribution < -0.4 is 5.32 Å².